The topological polar surface area (TPSA) is 87.1 Å². The zero-order valence-electron chi connectivity index (χ0n) is 18.0. The van der Waals surface area contributed by atoms with Crippen LogP contribution in [-0.4, -0.2) is 26.9 Å². The summed E-state index contributed by atoms with van der Waals surface area (Å²) in [5.41, 5.74) is 1.99. The van der Waals surface area contributed by atoms with Gasteiger partial charge in [0.05, 0.1) is 6.61 Å². The maximum Gasteiger partial charge on any atom is 0.471 e. The lowest BCUT2D eigenvalue weighted by molar-refractivity contribution is -0.159. The Bertz CT molecular complexity index is 1030. The predicted octanol–water partition coefficient (Wildman–Crippen LogP) is 5.81. The Morgan fingerprint density at radius 2 is 1.78 bits per heavy atom. The predicted molar refractivity (Wildman–Crippen MR) is 108 cm³/mol. The fourth-order valence-electron chi connectivity index (χ4n) is 4.04. The first-order chi connectivity index (χ1) is 15.3. The zero-order chi connectivity index (χ0) is 22.7. The van der Waals surface area contributed by atoms with E-state index >= 15 is 0 Å². The first kappa shape index (κ1) is 22.3. The summed E-state index contributed by atoms with van der Waals surface area (Å²) in [6.07, 6.45) is 2.58. The summed E-state index contributed by atoms with van der Waals surface area (Å²) in [7, 11) is 0. The van der Waals surface area contributed by atoms with Gasteiger partial charge in [0, 0.05) is 17.9 Å². The van der Waals surface area contributed by atoms with Crippen LogP contribution >= 0.6 is 0 Å². The highest BCUT2D eigenvalue weighted by atomic mass is 19.4. The first-order valence-corrected chi connectivity index (χ1v) is 10.8. The standard InChI is InChI=1S/C22H25F3N4O3/c1-13-11-16(19-26-21(32-29-19)22(23,24)25)12-14(2)18(13)30-10-6-9-17-27-28-20(31-17)15-7-4-3-5-8-15/h11-12,15H,3-10H2,1-2H3. The van der Waals surface area contributed by atoms with Gasteiger partial charge in [-0.3, -0.25) is 0 Å². The normalized spacial score (nSPS) is 15.3. The van der Waals surface area contributed by atoms with Crippen LogP contribution in [0.1, 0.15) is 73.2 Å². The summed E-state index contributed by atoms with van der Waals surface area (Å²) in [4.78, 5) is 3.44. The average molecular weight is 450 g/mol. The third-order valence-corrected chi connectivity index (χ3v) is 5.61. The third-order valence-electron chi connectivity index (χ3n) is 5.61. The number of aromatic nitrogens is 4. The van der Waals surface area contributed by atoms with Crippen LogP contribution < -0.4 is 4.74 Å². The van der Waals surface area contributed by atoms with Crippen molar-refractivity contribution in [3.8, 4) is 17.1 Å². The molecule has 0 spiro atoms. The second-order valence-corrected chi connectivity index (χ2v) is 8.18. The van der Waals surface area contributed by atoms with Crippen LogP contribution in [0, 0.1) is 13.8 Å². The number of halogens is 3. The minimum atomic E-state index is -4.67. The lowest BCUT2D eigenvalue weighted by atomic mass is 9.89. The number of hydrogen-bond donors (Lipinski definition) is 0. The number of nitrogens with zero attached hydrogens (tertiary/aromatic N) is 4. The van der Waals surface area contributed by atoms with Crippen LogP contribution in [0.5, 0.6) is 5.75 Å². The molecule has 1 fully saturated rings. The molecule has 172 valence electrons. The first-order valence-electron chi connectivity index (χ1n) is 10.8. The van der Waals surface area contributed by atoms with Gasteiger partial charge in [0.15, 0.2) is 0 Å². The lowest BCUT2D eigenvalue weighted by Crippen LogP contribution is -2.05. The Balaban J connectivity index is 1.33. The summed E-state index contributed by atoms with van der Waals surface area (Å²) in [6, 6.07) is 3.36. The minimum absolute atomic E-state index is 0.111. The Morgan fingerprint density at radius 3 is 2.44 bits per heavy atom. The summed E-state index contributed by atoms with van der Waals surface area (Å²) in [6.45, 7) is 4.10. The van der Waals surface area contributed by atoms with Gasteiger partial charge in [0.2, 0.25) is 17.6 Å². The van der Waals surface area contributed by atoms with Crippen LogP contribution in [0.4, 0.5) is 13.2 Å². The maximum atomic E-state index is 12.7. The van der Waals surface area contributed by atoms with Crippen LogP contribution in [0.25, 0.3) is 11.4 Å². The fourth-order valence-corrected chi connectivity index (χ4v) is 4.04. The quantitative estimate of drug-likeness (QED) is 0.420. The van der Waals surface area contributed by atoms with E-state index in [4.69, 9.17) is 9.15 Å². The molecule has 4 rings (SSSR count). The molecule has 1 aliphatic carbocycles. The van der Waals surface area contributed by atoms with E-state index < -0.39 is 12.1 Å². The number of hydrogen-bond acceptors (Lipinski definition) is 7. The average Bonchev–Trinajstić information content (AvgIpc) is 3.43. The zero-order valence-corrected chi connectivity index (χ0v) is 18.0. The molecule has 0 aliphatic heterocycles. The molecule has 32 heavy (non-hydrogen) atoms. The SMILES string of the molecule is Cc1cc(-c2noc(C(F)(F)F)n2)cc(C)c1OCCCc1nnc(C2CCCCC2)o1. The van der Waals surface area contributed by atoms with Crippen molar-refractivity contribution >= 4 is 0 Å². The number of alkyl halides is 3. The van der Waals surface area contributed by atoms with E-state index in [9.17, 15) is 13.2 Å². The number of rotatable bonds is 7. The van der Waals surface area contributed by atoms with Gasteiger partial charge >= 0.3 is 12.1 Å². The van der Waals surface area contributed by atoms with Gasteiger partial charge in [-0.15, -0.1) is 10.2 Å². The molecule has 1 aromatic carbocycles. The van der Waals surface area contributed by atoms with Crippen molar-refractivity contribution in [3.63, 3.8) is 0 Å². The van der Waals surface area contributed by atoms with E-state index in [0.717, 1.165) is 29.9 Å². The Morgan fingerprint density at radius 1 is 1.06 bits per heavy atom. The van der Waals surface area contributed by atoms with Gasteiger partial charge in [0.25, 0.3) is 0 Å². The monoisotopic (exact) mass is 450 g/mol. The van der Waals surface area contributed by atoms with Crippen LogP contribution in [0.15, 0.2) is 21.1 Å². The van der Waals surface area contributed by atoms with Gasteiger partial charge in [-0.25, -0.2) is 0 Å². The Kier molecular flexibility index (Phi) is 6.48. The fraction of sp³-hybridized carbons (Fsp3) is 0.545. The van der Waals surface area contributed by atoms with Crippen molar-refractivity contribution in [3.05, 3.63) is 40.9 Å². The number of ether oxygens (including phenoxy) is 1. The van der Waals surface area contributed by atoms with E-state index in [1.165, 1.54) is 19.3 Å². The summed E-state index contributed by atoms with van der Waals surface area (Å²) in [5.74, 6) is 0.961. The van der Waals surface area contributed by atoms with Crippen molar-refractivity contribution in [2.45, 2.75) is 70.9 Å². The molecular weight excluding hydrogens is 425 g/mol. The molecular formula is C22H25F3N4O3. The number of benzene rings is 1. The Hall–Kier alpha value is -2.91. The van der Waals surface area contributed by atoms with Gasteiger partial charge < -0.3 is 13.7 Å². The minimum Gasteiger partial charge on any atom is -0.493 e. The van der Waals surface area contributed by atoms with Gasteiger partial charge in [-0.2, -0.15) is 18.2 Å². The molecule has 0 radical (unpaired) electrons. The van der Waals surface area contributed by atoms with Gasteiger partial charge in [-0.1, -0.05) is 24.4 Å². The van der Waals surface area contributed by atoms with Crippen molar-refractivity contribution in [2.24, 2.45) is 0 Å². The molecule has 1 saturated carbocycles. The van der Waals surface area contributed by atoms with Crippen molar-refractivity contribution in [1.82, 2.24) is 20.3 Å². The van der Waals surface area contributed by atoms with E-state index in [1.807, 2.05) is 13.8 Å². The van der Waals surface area contributed by atoms with Crippen LogP contribution in [-0.2, 0) is 12.6 Å². The van der Waals surface area contributed by atoms with E-state index in [0.29, 0.717) is 42.6 Å². The van der Waals surface area contributed by atoms with Gasteiger partial charge in [-0.05, 0) is 56.4 Å². The molecule has 0 bridgehead atoms. The highest BCUT2D eigenvalue weighted by Crippen LogP contribution is 2.33. The summed E-state index contributed by atoms with van der Waals surface area (Å²) >= 11 is 0. The lowest BCUT2D eigenvalue weighted by Gasteiger charge is -2.17. The summed E-state index contributed by atoms with van der Waals surface area (Å²) in [5, 5.41) is 11.8. The van der Waals surface area contributed by atoms with Crippen molar-refractivity contribution < 1.29 is 26.8 Å². The van der Waals surface area contributed by atoms with Crippen LogP contribution in [0.2, 0.25) is 0 Å². The largest absolute Gasteiger partial charge is 0.493 e. The van der Waals surface area contributed by atoms with Crippen molar-refractivity contribution in [1.29, 1.82) is 0 Å². The highest BCUT2D eigenvalue weighted by molar-refractivity contribution is 5.61. The van der Waals surface area contributed by atoms with E-state index in [-0.39, 0.29) is 5.82 Å². The molecule has 3 aromatic rings. The van der Waals surface area contributed by atoms with Crippen LogP contribution in [0.3, 0.4) is 0 Å². The van der Waals surface area contributed by atoms with Crippen molar-refractivity contribution in [2.75, 3.05) is 6.61 Å². The molecule has 10 heteroatoms. The maximum absolute atomic E-state index is 12.7. The Labute approximate surface area is 183 Å². The molecule has 0 unspecified atom stereocenters. The molecule has 1 aliphatic rings. The molecule has 0 amide bonds. The highest BCUT2D eigenvalue weighted by Gasteiger charge is 2.38. The van der Waals surface area contributed by atoms with Gasteiger partial charge in [0.1, 0.15) is 5.75 Å². The molecule has 0 saturated heterocycles. The smallest absolute Gasteiger partial charge is 0.471 e. The molecule has 7 nitrogen and oxygen atoms in total. The molecule has 0 N–H and O–H groups in total. The van der Waals surface area contributed by atoms with E-state index in [2.05, 4.69) is 24.9 Å². The number of aryl methyl sites for hydroxylation is 3. The summed E-state index contributed by atoms with van der Waals surface area (Å²) < 4.78 is 54.2. The molecule has 2 aromatic heterocycles. The second-order valence-electron chi connectivity index (χ2n) is 8.18. The van der Waals surface area contributed by atoms with E-state index in [1.54, 1.807) is 12.1 Å². The molecule has 2 heterocycles. The second kappa shape index (κ2) is 9.30. The molecule has 0 atom stereocenters. The third kappa shape index (κ3) is 5.11.